The molecule has 1 aliphatic carbocycles. The second kappa shape index (κ2) is 15.3. The highest BCUT2D eigenvalue weighted by atomic mass is 16.5. The Hall–Kier alpha value is -3.39. The highest BCUT2D eigenvalue weighted by Gasteiger charge is 2.35. The number of aromatic amines is 1. The molecule has 1 aromatic heterocycles. The highest BCUT2D eigenvalue weighted by Crippen LogP contribution is 2.29. The number of hydrogen-bond donors (Lipinski definition) is 4. The van der Waals surface area contributed by atoms with E-state index in [0.29, 0.717) is 19.3 Å². The molecule has 212 valence electrons. The highest BCUT2D eigenvalue weighted by molar-refractivity contribution is 5.87. The lowest BCUT2D eigenvalue weighted by Gasteiger charge is -2.29. The number of unbranched alkanes of at least 4 members (excludes halogenated alkanes) is 2. The van der Waals surface area contributed by atoms with Crippen LogP contribution in [0.5, 0.6) is 0 Å². The zero-order valence-corrected chi connectivity index (χ0v) is 22.9. The number of amides is 2. The molecule has 2 atom stereocenters. The third-order valence-electron chi connectivity index (χ3n) is 7.49. The summed E-state index contributed by atoms with van der Waals surface area (Å²) in [4.78, 5) is 41.9. The van der Waals surface area contributed by atoms with E-state index in [2.05, 4.69) is 28.8 Å². The Kier molecular flexibility index (Phi) is 11.8. The van der Waals surface area contributed by atoms with Crippen molar-refractivity contribution in [3.05, 3.63) is 61.3 Å². The normalized spacial score (nSPS) is 15.8. The number of esters is 1. The summed E-state index contributed by atoms with van der Waals surface area (Å²) in [6.45, 7) is 7.39. The number of carbonyl (C=O) groups excluding carboxylic acids is 3. The largest absolute Gasteiger partial charge is 0.463 e. The van der Waals surface area contributed by atoms with E-state index in [1.807, 2.05) is 36.5 Å². The number of allylic oxidation sites excluding steroid dienone is 2. The number of H-pyrrole nitrogens is 1. The molecule has 3 rings (SSSR count). The predicted molar refractivity (Wildman–Crippen MR) is 153 cm³/mol. The molecule has 8 nitrogen and oxygen atoms in total. The minimum atomic E-state index is -0.625. The van der Waals surface area contributed by atoms with Gasteiger partial charge >= 0.3 is 5.97 Å². The van der Waals surface area contributed by atoms with Crippen LogP contribution in [0, 0.1) is 5.92 Å². The summed E-state index contributed by atoms with van der Waals surface area (Å²) in [6.07, 6.45) is 12.3. The van der Waals surface area contributed by atoms with Gasteiger partial charge in [-0.15, -0.1) is 13.2 Å². The van der Waals surface area contributed by atoms with Crippen LogP contribution in [-0.4, -0.2) is 52.7 Å². The quantitative estimate of drug-likeness (QED) is 0.135. The van der Waals surface area contributed by atoms with E-state index >= 15 is 0 Å². The summed E-state index contributed by atoms with van der Waals surface area (Å²) in [7, 11) is 0. The SMILES string of the molecule is C=CCCCCC(=O)OC[C@H](Cc1c[nH]c2ccccc12)NC(=O)[C@@H](CC=C)CC(=O)NC1(CO)CCCC1. The van der Waals surface area contributed by atoms with E-state index in [-0.39, 0.29) is 37.4 Å². The first kappa shape index (κ1) is 30.2. The molecule has 0 aliphatic heterocycles. The number of carbonyl (C=O) groups is 3. The number of aliphatic hydroxyl groups is 1. The maximum absolute atomic E-state index is 13.4. The summed E-state index contributed by atoms with van der Waals surface area (Å²) in [5.74, 6) is -1.47. The number of rotatable bonds is 17. The summed E-state index contributed by atoms with van der Waals surface area (Å²) in [5.41, 5.74) is 1.40. The smallest absolute Gasteiger partial charge is 0.305 e. The van der Waals surface area contributed by atoms with Gasteiger partial charge in [0.2, 0.25) is 11.8 Å². The number of aromatic nitrogens is 1. The van der Waals surface area contributed by atoms with Crippen molar-refractivity contribution in [2.24, 2.45) is 5.92 Å². The summed E-state index contributed by atoms with van der Waals surface area (Å²) in [5, 5.41) is 16.9. The van der Waals surface area contributed by atoms with Crippen molar-refractivity contribution < 1.29 is 24.2 Å². The standard InChI is InChI=1S/C31H43N3O5/c1-3-5-6-7-15-29(37)39-21-25(18-24-20-32-27-14-9-8-13-26(24)27)33-30(38)23(12-4-2)19-28(36)34-31(22-35)16-10-11-17-31/h3-4,8-9,13-14,20,23,25,32,35H,1-2,5-7,10-12,15-19,21-22H2,(H,33,38)(H,34,36)/t23-,25-/m0/s1. The maximum Gasteiger partial charge on any atom is 0.305 e. The van der Waals surface area contributed by atoms with Gasteiger partial charge in [-0.05, 0) is 56.6 Å². The van der Waals surface area contributed by atoms with Crippen molar-refractivity contribution in [1.29, 1.82) is 0 Å². The molecule has 4 N–H and O–H groups in total. The van der Waals surface area contributed by atoms with Crippen LogP contribution >= 0.6 is 0 Å². The number of ether oxygens (including phenoxy) is 1. The molecule has 39 heavy (non-hydrogen) atoms. The summed E-state index contributed by atoms with van der Waals surface area (Å²) in [6, 6.07) is 7.43. The van der Waals surface area contributed by atoms with Crippen LogP contribution in [0.4, 0.5) is 0 Å². The molecule has 0 spiro atoms. The van der Waals surface area contributed by atoms with E-state index in [0.717, 1.165) is 61.4 Å². The van der Waals surface area contributed by atoms with E-state index in [4.69, 9.17) is 4.74 Å². The van der Waals surface area contributed by atoms with E-state index in [1.54, 1.807) is 6.08 Å². The zero-order chi connectivity index (χ0) is 28.1. The van der Waals surface area contributed by atoms with Crippen molar-refractivity contribution >= 4 is 28.7 Å². The molecule has 0 radical (unpaired) electrons. The molecule has 1 saturated carbocycles. The van der Waals surface area contributed by atoms with Gasteiger partial charge in [0.1, 0.15) is 6.61 Å². The molecule has 8 heteroatoms. The Bertz CT molecular complexity index is 1120. The monoisotopic (exact) mass is 537 g/mol. The lowest BCUT2D eigenvalue weighted by Crippen LogP contribution is -2.50. The van der Waals surface area contributed by atoms with Crippen LogP contribution < -0.4 is 10.6 Å². The molecule has 0 bridgehead atoms. The van der Waals surface area contributed by atoms with Crippen LogP contribution in [-0.2, 0) is 25.5 Å². The van der Waals surface area contributed by atoms with Crippen molar-refractivity contribution in [3.8, 4) is 0 Å². The molecule has 1 fully saturated rings. The minimum Gasteiger partial charge on any atom is -0.463 e. The molecule has 1 heterocycles. The predicted octanol–water partition coefficient (Wildman–Crippen LogP) is 4.49. The molecule has 0 saturated heterocycles. The Morgan fingerprint density at radius 2 is 1.90 bits per heavy atom. The van der Waals surface area contributed by atoms with Gasteiger partial charge in [0.25, 0.3) is 0 Å². The topological polar surface area (TPSA) is 121 Å². The Balaban J connectivity index is 1.67. The Morgan fingerprint density at radius 1 is 1.13 bits per heavy atom. The number of aliphatic hydroxyl groups excluding tert-OH is 1. The third-order valence-corrected chi connectivity index (χ3v) is 7.49. The Morgan fingerprint density at radius 3 is 2.62 bits per heavy atom. The van der Waals surface area contributed by atoms with Crippen molar-refractivity contribution in [2.45, 2.75) is 82.2 Å². The fourth-order valence-electron chi connectivity index (χ4n) is 5.29. The van der Waals surface area contributed by atoms with Crippen LogP contribution in [0.1, 0.15) is 69.8 Å². The third kappa shape index (κ3) is 9.10. The second-order valence-corrected chi connectivity index (χ2v) is 10.6. The first-order valence-corrected chi connectivity index (χ1v) is 14.0. The van der Waals surface area contributed by atoms with Crippen LogP contribution in [0.15, 0.2) is 55.8 Å². The summed E-state index contributed by atoms with van der Waals surface area (Å²) >= 11 is 0. The van der Waals surface area contributed by atoms with Crippen molar-refractivity contribution in [1.82, 2.24) is 15.6 Å². The molecule has 2 aromatic rings. The zero-order valence-electron chi connectivity index (χ0n) is 22.9. The molecular formula is C31H43N3O5. The first-order chi connectivity index (χ1) is 18.9. The summed E-state index contributed by atoms with van der Waals surface area (Å²) < 4.78 is 5.57. The molecule has 1 aromatic carbocycles. The van der Waals surface area contributed by atoms with Crippen molar-refractivity contribution in [2.75, 3.05) is 13.2 Å². The molecular weight excluding hydrogens is 494 g/mol. The lowest BCUT2D eigenvalue weighted by molar-refractivity contribution is -0.145. The lowest BCUT2D eigenvalue weighted by atomic mass is 9.95. The van der Waals surface area contributed by atoms with Gasteiger partial charge in [-0.1, -0.05) is 43.2 Å². The van der Waals surface area contributed by atoms with Crippen LogP contribution in [0.2, 0.25) is 0 Å². The van der Waals surface area contributed by atoms with Gasteiger partial charge < -0.3 is 25.5 Å². The number of fused-ring (bicyclic) bond motifs is 1. The average Bonchev–Trinajstić information content (AvgIpc) is 3.57. The van der Waals surface area contributed by atoms with E-state index in [9.17, 15) is 19.5 Å². The van der Waals surface area contributed by atoms with Crippen molar-refractivity contribution in [3.63, 3.8) is 0 Å². The van der Waals surface area contributed by atoms with Gasteiger partial charge in [-0.3, -0.25) is 14.4 Å². The van der Waals surface area contributed by atoms with Gasteiger partial charge in [0.05, 0.1) is 24.1 Å². The maximum atomic E-state index is 13.4. The first-order valence-electron chi connectivity index (χ1n) is 14.0. The van der Waals surface area contributed by atoms with Gasteiger partial charge in [-0.2, -0.15) is 0 Å². The van der Waals surface area contributed by atoms with E-state index < -0.39 is 17.5 Å². The van der Waals surface area contributed by atoms with Crippen LogP contribution in [0.3, 0.4) is 0 Å². The fraction of sp³-hybridized carbons (Fsp3) is 0.516. The van der Waals surface area contributed by atoms with Gasteiger partial charge in [0.15, 0.2) is 0 Å². The molecule has 2 amide bonds. The van der Waals surface area contributed by atoms with Crippen LogP contribution in [0.25, 0.3) is 10.9 Å². The van der Waals surface area contributed by atoms with Gasteiger partial charge in [0, 0.05) is 29.9 Å². The number of hydrogen-bond acceptors (Lipinski definition) is 5. The van der Waals surface area contributed by atoms with Gasteiger partial charge in [-0.25, -0.2) is 0 Å². The number of nitrogens with one attached hydrogen (secondary N) is 3. The average molecular weight is 538 g/mol. The molecule has 1 aliphatic rings. The molecule has 0 unspecified atom stereocenters. The fourth-order valence-corrected chi connectivity index (χ4v) is 5.29. The number of benzene rings is 1. The Labute approximate surface area is 231 Å². The minimum absolute atomic E-state index is 0.0114. The van der Waals surface area contributed by atoms with E-state index in [1.165, 1.54) is 0 Å². The number of para-hydroxylation sites is 1. The second-order valence-electron chi connectivity index (χ2n) is 10.6.